The highest BCUT2D eigenvalue weighted by Gasteiger charge is 2.51. The molecule has 0 saturated heterocycles. The molecule has 4 atom stereocenters. The molecule has 3 rings (SSSR count). The van der Waals surface area contributed by atoms with Gasteiger partial charge >= 0.3 is 5.97 Å². The summed E-state index contributed by atoms with van der Waals surface area (Å²) >= 11 is 0. The largest absolute Gasteiger partial charge is 0.481 e. The van der Waals surface area contributed by atoms with Gasteiger partial charge in [0.2, 0.25) is 5.91 Å². The van der Waals surface area contributed by atoms with E-state index in [0.717, 1.165) is 6.42 Å². The van der Waals surface area contributed by atoms with Gasteiger partial charge in [-0.1, -0.05) is 24.3 Å². The third kappa shape index (κ3) is 2.45. The number of carboxylic acids is 1. The Balaban J connectivity index is 1.78. The molecule has 5 nitrogen and oxygen atoms in total. The number of allylic oxidation sites excluding steroid dienone is 2. The average Bonchev–Trinajstić information content (AvgIpc) is 3.07. The zero-order valence-electron chi connectivity index (χ0n) is 11.4. The molecule has 110 valence electrons. The summed E-state index contributed by atoms with van der Waals surface area (Å²) in [6.07, 6.45) is 4.61. The molecule has 5 heteroatoms. The molecule has 2 aliphatic carbocycles. The Kier molecular flexibility index (Phi) is 3.51. The third-order valence-corrected chi connectivity index (χ3v) is 4.42. The Bertz CT molecular complexity index is 610. The van der Waals surface area contributed by atoms with Crippen molar-refractivity contribution >= 4 is 17.6 Å². The third-order valence-electron chi connectivity index (χ3n) is 4.42. The van der Waals surface area contributed by atoms with Crippen LogP contribution in [0.25, 0.3) is 0 Å². The first-order valence-electron chi connectivity index (χ1n) is 7.02. The number of amides is 1. The molecule has 1 aromatic carbocycles. The number of aliphatic hydroxyl groups excluding tert-OH is 1. The van der Waals surface area contributed by atoms with E-state index in [-0.39, 0.29) is 24.3 Å². The first-order valence-corrected chi connectivity index (χ1v) is 7.02. The number of carbonyl (C=O) groups is 2. The fraction of sp³-hybridized carbons (Fsp3) is 0.375. The first-order chi connectivity index (χ1) is 10.1. The van der Waals surface area contributed by atoms with Gasteiger partial charge in [0.25, 0.3) is 0 Å². The van der Waals surface area contributed by atoms with Crippen molar-refractivity contribution in [2.45, 2.75) is 13.0 Å². The van der Waals surface area contributed by atoms with Crippen molar-refractivity contribution in [1.29, 1.82) is 0 Å². The van der Waals surface area contributed by atoms with Crippen molar-refractivity contribution in [3.8, 4) is 0 Å². The second kappa shape index (κ2) is 5.33. The summed E-state index contributed by atoms with van der Waals surface area (Å²) in [6, 6.07) is 6.93. The average molecular weight is 287 g/mol. The maximum Gasteiger partial charge on any atom is 0.307 e. The molecule has 0 aromatic heterocycles. The van der Waals surface area contributed by atoms with E-state index in [0.29, 0.717) is 11.3 Å². The summed E-state index contributed by atoms with van der Waals surface area (Å²) in [4.78, 5) is 23.9. The summed E-state index contributed by atoms with van der Waals surface area (Å²) in [5, 5.41) is 21.2. The Hall–Kier alpha value is -2.14. The van der Waals surface area contributed by atoms with Gasteiger partial charge in [0.1, 0.15) is 0 Å². The van der Waals surface area contributed by atoms with Gasteiger partial charge in [-0.3, -0.25) is 9.59 Å². The normalized spacial score (nSPS) is 29.6. The van der Waals surface area contributed by atoms with E-state index < -0.39 is 17.8 Å². The molecule has 1 amide bonds. The summed E-state index contributed by atoms with van der Waals surface area (Å²) in [6.45, 7) is -0.0989. The second-order valence-electron chi connectivity index (χ2n) is 5.69. The van der Waals surface area contributed by atoms with Gasteiger partial charge in [-0.05, 0) is 36.0 Å². The van der Waals surface area contributed by atoms with E-state index in [4.69, 9.17) is 5.11 Å². The maximum atomic E-state index is 12.4. The lowest BCUT2D eigenvalue weighted by molar-refractivity contribution is -0.146. The number of carboxylic acid groups (broad SMARTS) is 1. The van der Waals surface area contributed by atoms with Crippen LogP contribution in [0.15, 0.2) is 36.4 Å². The number of benzene rings is 1. The number of aliphatic carboxylic acids is 1. The molecular formula is C16H17NO4. The van der Waals surface area contributed by atoms with Crippen molar-refractivity contribution in [1.82, 2.24) is 0 Å². The standard InChI is InChI=1S/C16H17NO4/c18-8-9-2-1-3-12(6-9)17-15(19)13-10-4-5-11(7-10)14(13)16(20)21/h1-6,10-11,13-14,18H,7-8H2,(H,17,19)(H,20,21)/t10?,11?,13-,14+/m0/s1. The predicted molar refractivity (Wildman–Crippen MR) is 76.3 cm³/mol. The molecule has 1 aromatic rings. The van der Waals surface area contributed by atoms with E-state index in [1.165, 1.54) is 0 Å². The molecule has 0 spiro atoms. The zero-order chi connectivity index (χ0) is 15.0. The maximum absolute atomic E-state index is 12.4. The van der Waals surface area contributed by atoms with Crippen LogP contribution in [0.2, 0.25) is 0 Å². The molecule has 0 radical (unpaired) electrons. The number of anilines is 1. The van der Waals surface area contributed by atoms with Crippen molar-refractivity contribution in [2.24, 2.45) is 23.7 Å². The minimum atomic E-state index is -0.906. The molecular weight excluding hydrogens is 270 g/mol. The van der Waals surface area contributed by atoms with Crippen LogP contribution < -0.4 is 5.32 Å². The highest BCUT2D eigenvalue weighted by atomic mass is 16.4. The van der Waals surface area contributed by atoms with Crippen LogP contribution in [-0.4, -0.2) is 22.1 Å². The van der Waals surface area contributed by atoms with E-state index in [9.17, 15) is 14.7 Å². The zero-order valence-corrected chi connectivity index (χ0v) is 11.4. The van der Waals surface area contributed by atoms with E-state index in [1.54, 1.807) is 24.3 Å². The number of carbonyl (C=O) groups excluding carboxylic acids is 1. The second-order valence-corrected chi connectivity index (χ2v) is 5.69. The number of hydrogen-bond acceptors (Lipinski definition) is 3. The number of fused-ring (bicyclic) bond motifs is 2. The van der Waals surface area contributed by atoms with Crippen LogP contribution in [0.1, 0.15) is 12.0 Å². The smallest absolute Gasteiger partial charge is 0.307 e. The summed E-state index contributed by atoms with van der Waals surface area (Å²) in [7, 11) is 0. The van der Waals surface area contributed by atoms with Gasteiger partial charge in [0, 0.05) is 5.69 Å². The SMILES string of the molecule is O=C(O)[C@@H]1C2C=CC(C2)[C@@H]1C(=O)Nc1cccc(CO)c1. The summed E-state index contributed by atoms with van der Waals surface area (Å²) in [5.74, 6) is -2.34. The molecule has 1 fully saturated rings. The number of rotatable bonds is 4. The minimum absolute atomic E-state index is 0.0112. The molecule has 0 aliphatic heterocycles. The molecule has 2 bridgehead atoms. The molecule has 2 aliphatic rings. The number of nitrogens with one attached hydrogen (secondary N) is 1. The van der Waals surface area contributed by atoms with Gasteiger partial charge in [-0.15, -0.1) is 0 Å². The van der Waals surface area contributed by atoms with E-state index >= 15 is 0 Å². The van der Waals surface area contributed by atoms with Crippen LogP contribution in [0.3, 0.4) is 0 Å². The van der Waals surface area contributed by atoms with Gasteiger partial charge in [-0.25, -0.2) is 0 Å². The van der Waals surface area contributed by atoms with Crippen LogP contribution in [0.4, 0.5) is 5.69 Å². The lowest BCUT2D eigenvalue weighted by Crippen LogP contribution is -2.36. The quantitative estimate of drug-likeness (QED) is 0.735. The summed E-state index contributed by atoms with van der Waals surface area (Å²) in [5.41, 5.74) is 1.29. The summed E-state index contributed by atoms with van der Waals surface area (Å²) < 4.78 is 0. The van der Waals surface area contributed by atoms with Gasteiger partial charge < -0.3 is 15.5 Å². The van der Waals surface area contributed by atoms with Crippen LogP contribution in [-0.2, 0) is 16.2 Å². The van der Waals surface area contributed by atoms with E-state index in [2.05, 4.69) is 5.32 Å². The molecule has 2 unspecified atom stereocenters. The topological polar surface area (TPSA) is 86.6 Å². The highest BCUT2D eigenvalue weighted by Crippen LogP contribution is 2.48. The highest BCUT2D eigenvalue weighted by molar-refractivity contribution is 5.96. The van der Waals surface area contributed by atoms with Crippen LogP contribution >= 0.6 is 0 Å². The Morgan fingerprint density at radius 3 is 2.57 bits per heavy atom. The van der Waals surface area contributed by atoms with Crippen LogP contribution in [0, 0.1) is 23.7 Å². The van der Waals surface area contributed by atoms with Crippen molar-refractivity contribution in [2.75, 3.05) is 5.32 Å². The van der Waals surface area contributed by atoms with Gasteiger partial charge in [0.05, 0.1) is 18.4 Å². The molecule has 1 saturated carbocycles. The Morgan fingerprint density at radius 2 is 1.90 bits per heavy atom. The Morgan fingerprint density at radius 1 is 1.19 bits per heavy atom. The van der Waals surface area contributed by atoms with Crippen molar-refractivity contribution < 1.29 is 19.8 Å². The first kappa shape index (κ1) is 13.8. The minimum Gasteiger partial charge on any atom is -0.481 e. The lowest BCUT2D eigenvalue weighted by atomic mass is 9.82. The van der Waals surface area contributed by atoms with Crippen LogP contribution in [0.5, 0.6) is 0 Å². The fourth-order valence-corrected chi connectivity index (χ4v) is 3.49. The van der Waals surface area contributed by atoms with Crippen molar-refractivity contribution in [3.05, 3.63) is 42.0 Å². The molecule has 21 heavy (non-hydrogen) atoms. The van der Waals surface area contributed by atoms with E-state index in [1.807, 2.05) is 12.2 Å². The monoisotopic (exact) mass is 287 g/mol. The lowest BCUT2D eigenvalue weighted by Gasteiger charge is -2.23. The predicted octanol–water partition coefficient (Wildman–Crippen LogP) is 1.64. The fourth-order valence-electron chi connectivity index (χ4n) is 3.49. The number of hydrogen-bond donors (Lipinski definition) is 3. The molecule has 0 heterocycles. The number of aliphatic hydroxyl groups is 1. The van der Waals surface area contributed by atoms with Gasteiger partial charge in [0.15, 0.2) is 0 Å². The van der Waals surface area contributed by atoms with Gasteiger partial charge in [-0.2, -0.15) is 0 Å². The Labute approximate surface area is 122 Å². The molecule has 3 N–H and O–H groups in total. The van der Waals surface area contributed by atoms with Crippen molar-refractivity contribution in [3.63, 3.8) is 0 Å².